The third-order valence-corrected chi connectivity index (χ3v) is 4.30. The summed E-state index contributed by atoms with van der Waals surface area (Å²) >= 11 is 6.35. The van der Waals surface area contributed by atoms with Crippen LogP contribution in [-0.4, -0.2) is 30.3 Å². The fourth-order valence-corrected chi connectivity index (χ4v) is 2.67. The fraction of sp³-hybridized carbons (Fsp3) is 0.368. The van der Waals surface area contributed by atoms with Crippen molar-refractivity contribution in [3.63, 3.8) is 0 Å². The van der Waals surface area contributed by atoms with E-state index in [0.717, 1.165) is 30.5 Å². The zero-order valence-corrected chi connectivity index (χ0v) is 15.9. The molecule has 0 saturated heterocycles. The van der Waals surface area contributed by atoms with Crippen LogP contribution >= 0.6 is 11.6 Å². The van der Waals surface area contributed by atoms with Crippen molar-refractivity contribution < 1.29 is 19.5 Å². The Morgan fingerprint density at radius 2 is 1.93 bits per heavy atom. The third kappa shape index (κ3) is 6.39. The molecule has 0 aliphatic carbocycles. The van der Waals surface area contributed by atoms with E-state index in [4.69, 9.17) is 26.2 Å². The molecule has 0 aromatic heterocycles. The second kappa shape index (κ2) is 10.7. The van der Waals surface area contributed by atoms with Crippen molar-refractivity contribution in [1.82, 2.24) is 5.32 Å². The van der Waals surface area contributed by atoms with Crippen LogP contribution in [0.4, 0.5) is 5.69 Å². The Morgan fingerprint density at radius 3 is 2.56 bits per heavy atom. The molecule has 7 nitrogen and oxygen atoms in total. The SMILES string of the molecule is COc1cc(CNCCCCO)c(Cl)cc1OCc1ccc([N+](=O)[O-])cc1. The summed E-state index contributed by atoms with van der Waals surface area (Å²) in [5.74, 6) is 1.07. The van der Waals surface area contributed by atoms with Crippen molar-refractivity contribution in [2.45, 2.75) is 26.0 Å². The molecule has 2 aromatic rings. The standard InChI is InChI=1S/C19H23ClN2O5/c1-26-18-10-15(12-21-8-2-3-9-23)17(20)11-19(18)27-13-14-4-6-16(7-5-14)22(24)25/h4-7,10-11,21,23H,2-3,8-9,12-13H2,1H3. The molecule has 0 spiro atoms. The van der Waals surface area contributed by atoms with Crippen LogP contribution in [0.15, 0.2) is 36.4 Å². The summed E-state index contributed by atoms with van der Waals surface area (Å²) in [6.07, 6.45) is 1.65. The van der Waals surface area contributed by atoms with Gasteiger partial charge < -0.3 is 19.9 Å². The zero-order chi connectivity index (χ0) is 19.6. The number of nitro benzene ring substituents is 1. The minimum atomic E-state index is -0.440. The summed E-state index contributed by atoms with van der Waals surface area (Å²) in [7, 11) is 1.56. The Bertz CT molecular complexity index is 753. The number of nitrogens with one attached hydrogen (secondary N) is 1. The molecular weight excluding hydrogens is 372 g/mol. The number of methoxy groups -OCH3 is 1. The number of aliphatic hydroxyl groups is 1. The van der Waals surface area contributed by atoms with Gasteiger partial charge in [0.1, 0.15) is 6.61 Å². The maximum absolute atomic E-state index is 10.7. The Balaban J connectivity index is 1.99. The lowest BCUT2D eigenvalue weighted by atomic mass is 10.2. The van der Waals surface area contributed by atoms with E-state index in [1.165, 1.54) is 12.1 Å². The number of ether oxygens (including phenoxy) is 2. The summed E-state index contributed by atoms with van der Waals surface area (Å²) in [5, 5.41) is 23.3. The van der Waals surface area contributed by atoms with Gasteiger partial charge in [-0.1, -0.05) is 11.6 Å². The quantitative estimate of drug-likeness (QED) is 0.343. The molecule has 0 aliphatic rings. The van der Waals surface area contributed by atoms with Gasteiger partial charge in [0.15, 0.2) is 11.5 Å². The number of unbranched alkanes of at least 4 members (excludes halogenated alkanes) is 1. The van der Waals surface area contributed by atoms with Crippen LogP contribution < -0.4 is 14.8 Å². The lowest BCUT2D eigenvalue weighted by Crippen LogP contribution is -2.15. The van der Waals surface area contributed by atoms with Gasteiger partial charge in [-0.3, -0.25) is 10.1 Å². The van der Waals surface area contributed by atoms with Gasteiger partial charge in [-0.25, -0.2) is 0 Å². The van der Waals surface area contributed by atoms with E-state index in [1.807, 2.05) is 6.07 Å². The van der Waals surface area contributed by atoms with E-state index in [0.29, 0.717) is 23.1 Å². The Hall–Kier alpha value is -2.35. The number of hydrogen-bond donors (Lipinski definition) is 2. The normalized spacial score (nSPS) is 10.6. The first-order valence-electron chi connectivity index (χ1n) is 8.59. The summed E-state index contributed by atoms with van der Waals surface area (Å²) in [5.41, 5.74) is 1.73. The molecule has 146 valence electrons. The highest BCUT2D eigenvalue weighted by Crippen LogP contribution is 2.34. The predicted octanol–water partition coefficient (Wildman–Crippen LogP) is 3.70. The van der Waals surface area contributed by atoms with Gasteiger partial charge in [-0.05, 0) is 48.7 Å². The Morgan fingerprint density at radius 1 is 1.19 bits per heavy atom. The van der Waals surface area contributed by atoms with Crippen LogP contribution in [0.3, 0.4) is 0 Å². The maximum Gasteiger partial charge on any atom is 0.269 e. The monoisotopic (exact) mass is 394 g/mol. The largest absolute Gasteiger partial charge is 0.493 e. The van der Waals surface area contributed by atoms with Crippen molar-refractivity contribution >= 4 is 17.3 Å². The predicted molar refractivity (Wildman–Crippen MR) is 103 cm³/mol. The number of nitro groups is 1. The van der Waals surface area contributed by atoms with Crippen LogP contribution in [-0.2, 0) is 13.2 Å². The number of halogens is 1. The Labute approximate surface area is 163 Å². The minimum Gasteiger partial charge on any atom is -0.493 e. The molecule has 0 atom stereocenters. The van der Waals surface area contributed by atoms with Crippen LogP contribution in [0.1, 0.15) is 24.0 Å². The molecular formula is C19H23ClN2O5. The molecule has 0 aliphatic heterocycles. The van der Waals surface area contributed by atoms with E-state index in [1.54, 1.807) is 25.3 Å². The highest BCUT2D eigenvalue weighted by molar-refractivity contribution is 6.31. The first-order chi connectivity index (χ1) is 13.0. The summed E-state index contributed by atoms with van der Waals surface area (Å²) in [6.45, 7) is 1.81. The molecule has 27 heavy (non-hydrogen) atoms. The lowest BCUT2D eigenvalue weighted by molar-refractivity contribution is -0.384. The van der Waals surface area contributed by atoms with E-state index < -0.39 is 4.92 Å². The van der Waals surface area contributed by atoms with E-state index in [-0.39, 0.29) is 18.9 Å². The summed E-state index contributed by atoms with van der Waals surface area (Å²) in [6, 6.07) is 9.71. The molecule has 0 saturated carbocycles. The molecule has 8 heteroatoms. The van der Waals surface area contributed by atoms with Crippen molar-refractivity contribution in [3.05, 3.63) is 62.7 Å². The van der Waals surface area contributed by atoms with Crippen LogP contribution in [0.25, 0.3) is 0 Å². The first-order valence-corrected chi connectivity index (χ1v) is 8.97. The van der Waals surface area contributed by atoms with Gasteiger partial charge in [-0.2, -0.15) is 0 Å². The molecule has 0 heterocycles. The number of aliphatic hydroxyl groups excluding tert-OH is 1. The lowest BCUT2D eigenvalue weighted by Gasteiger charge is -2.14. The smallest absolute Gasteiger partial charge is 0.269 e. The van der Waals surface area contributed by atoms with Crippen LogP contribution in [0, 0.1) is 10.1 Å². The van der Waals surface area contributed by atoms with E-state index in [9.17, 15) is 10.1 Å². The third-order valence-electron chi connectivity index (χ3n) is 3.95. The van der Waals surface area contributed by atoms with Gasteiger partial charge >= 0.3 is 0 Å². The van der Waals surface area contributed by atoms with Crippen molar-refractivity contribution in [3.8, 4) is 11.5 Å². The van der Waals surface area contributed by atoms with Crippen molar-refractivity contribution in [1.29, 1.82) is 0 Å². The summed E-state index contributed by atoms with van der Waals surface area (Å²) < 4.78 is 11.2. The number of hydrogen-bond acceptors (Lipinski definition) is 6. The second-order valence-electron chi connectivity index (χ2n) is 5.91. The van der Waals surface area contributed by atoms with E-state index >= 15 is 0 Å². The van der Waals surface area contributed by atoms with Crippen LogP contribution in [0.2, 0.25) is 5.02 Å². The zero-order valence-electron chi connectivity index (χ0n) is 15.1. The second-order valence-corrected chi connectivity index (χ2v) is 6.32. The van der Waals surface area contributed by atoms with Crippen molar-refractivity contribution in [2.24, 2.45) is 0 Å². The van der Waals surface area contributed by atoms with Gasteiger partial charge in [0.2, 0.25) is 0 Å². The fourth-order valence-electron chi connectivity index (χ4n) is 2.44. The first kappa shape index (κ1) is 21.0. The molecule has 2 aromatic carbocycles. The molecule has 0 radical (unpaired) electrons. The highest BCUT2D eigenvalue weighted by atomic mass is 35.5. The topological polar surface area (TPSA) is 93.9 Å². The molecule has 0 amide bonds. The molecule has 0 unspecified atom stereocenters. The van der Waals surface area contributed by atoms with Crippen LogP contribution in [0.5, 0.6) is 11.5 Å². The van der Waals surface area contributed by atoms with Gasteiger partial charge in [-0.15, -0.1) is 0 Å². The maximum atomic E-state index is 10.7. The molecule has 2 rings (SSSR count). The molecule has 0 bridgehead atoms. The molecule has 2 N–H and O–H groups in total. The summed E-state index contributed by atoms with van der Waals surface area (Å²) in [4.78, 5) is 10.3. The van der Waals surface area contributed by atoms with E-state index in [2.05, 4.69) is 5.32 Å². The number of nitrogens with zero attached hydrogens (tertiary/aromatic N) is 1. The van der Waals surface area contributed by atoms with Gasteiger partial charge in [0, 0.05) is 36.4 Å². The average molecular weight is 395 g/mol. The molecule has 0 fully saturated rings. The van der Waals surface area contributed by atoms with Gasteiger partial charge in [0.05, 0.1) is 12.0 Å². The highest BCUT2D eigenvalue weighted by Gasteiger charge is 2.11. The van der Waals surface area contributed by atoms with Crippen molar-refractivity contribution in [2.75, 3.05) is 20.3 Å². The Kier molecular flexibility index (Phi) is 8.32. The average Bonchev–Trinajstić information content (AvgIpc) is 2.67. The minimum absolute atomic E-state index is 0.0372. The van der Waals surface area contributed by atoms with Gasteiger partial charge in [0.25, 0.3) is 5.69 Å². The number of non-ortho nitro benzene ring substituents is 1. The number of rotatable bonds is 11. The number of benzene rings is 2.